The van der Waals surface area contributed by atoms with Gasteiger partial charge in [-0.15, -0.1) is 0 Å². The maximum absolute atomic E-state index is 10.8. The molecule has 2 heteroatoms. The fraction of sp³-hybridized carbons (Fsp3) is 0.625. The second-order valence-electron chi connectivity index (χ2n) is 5.68. The minimum absolute atomic E-state index is 0.427. The van der Waals surface area contributed by atoms with E-state index in [2.05, 4.69) is 6.07 Å². The van der Waals surface area contributed by atoms with Gasteiger partial charge < -0.3 is 9.84 Å². The Kier molecular flexibility index (Phi) is 4.28. The number of ether oxygens (including phenoxy) is 1. The molecule has 2 nitrogen and oxygen atoms in total. The van der Waals surface area contributed by atoms with E-state index in [9.17, 15) is 5.11 Å². The summed E-state index contributed by atoms with van der Waals surface area (Å²) in [7, 11) is 1.69. The molecule has 1 atom stereocenters. The van der Waals surface area contributed by atoms with Crippen LogP contribution in [-0.4, -0.2) is 17.8 Å². The van der Waals surface area contributed by atoms with Crippen molar-refractivity contribution in [1.29, 1.82) is 0 Å². The predicted molar refractivity (Wildman–Crippen MR) is 73.9 cm³/mol. The molecule has 1 fully saturated rings. The molecule has 0 heterocycles. The average molecular weight is 248 g/mol. The van der Waals surface area contributed by atoms with E-state index in [1.54, 1.807) is 7.11 Å². The van der Waals surface area contributed by atoms with Crippen LogP contribution >= 0.6 is 0 Å². The highest BCUT2D eigenvalue weighted by Gasteiger charge is 2.33. The van der Waals surface area contributed by atoms with Gasteiger partial charge in [0.2, 0.25) is 0 Å². The van der Waals surface area contributed by atoms with Gasteiger partial charge in [-0.2, -0.15) is 0 Å². The number of aliphatic hydroxyl groups is 1. The van der Waals surface area contributed by atoms with Crippen molar-refractivity contribution in [1.82, 2.24) is 0 Å². The molecule has 100 valence electrons. The molecule has 0 amide bonds. The Bertz CT molecular complexity index is 378. The van der Waals surface area contributed by atoms with Gasteiger partial charge in [-0.1, -0.05) is 37.5 Å². The predicted octanol–water partition coefficient (Wildman–Crippen LogP) is 3.57. The van der Waals surface area contributed by atoms with E-state index >= 15 is 0 Å². The number of methoxy groups -OCH3 is 1. The van der Waals surface area contributed by atoms with Gasteiger partial charge in [0.1, 0.15) is 5.75 Å². The Balaban J connectivity index is 2.10. The molecule has 0 spiro atoms. The van der Waals surface area contributed by atoms with Crippen LogP contribution in [0.1, 0.15) is 44.6 Å². The van der Waals surface area contributed by atoms with Crippen molar-refractivity contribution in [2.75, 3.05) is 7.11 Å². The van der Waals surface area contributed by atoms with Crippen molar-refractivity contribution in [3.8, 4) is 5.75 Å². The summed E-state index contributed by atoms with van der Waals surface area (Å²) >= 11 is 0. The maximum atomic E-state index is 10.8. The molecular formula is C16H24O2. The van der Waals surface area contributed by atoms with Gasteiger partial charge in [0, 0.05) is 6.42 Å². The molecule has 1 aromatic carbocycles. The third-order valence-electron chi connectivity index (χ3n) is 4.23. The summed E-state index contributed by atoms with van der Waals surface area (Å²) in [5.74, 6) is 1.31. The van der Waals surface area contributed by atoms with Crippen LogP contribution in [0, 0.1) is 5.92 Å². The van der Waals surface area contributed by atoms with Crippen molar-refractivity contribution in [3.05, 3.63) is 29.8 Å². The first kappa shape index (κ1) is 13.4. The standard InChI is InChI=1S/C16H24O2/c1-16(17,14-9-4-3-5-10-14)12-13-8-6-7-11-15(13)18-2/h6-8,11,14,17H,3-5,9-10,12H2,1-2H3. The van der Waals surface area contributed by atoms with Crippen molar-refractivity contribution < 1.29 is 9.84 Å². The molecule has 0 aliphatic heterocycles. The first-order chi connectivity index (χ1) is 8.63. The molecular weight excluding hydrogens is 224 g/mol. The number of benzene rings is 1. The van der Waals surface area contributed by atoms with E-state index in [0.29, 0.717) is 12.3 Å². The minimum Gasteiger partial charge on any atom is -0.496 e. The van der Waals surface area contributed by atoms with Gasteiger partial charge >= 0.3 is 0 Å². The van der Waals surface area contributed by atoms with Gasteiger partial charge in [0.15, 0.2) is 0 Å². The Morgan fingerprint density at radius 1 is 1.22 bits per heavy atom. The average Bonchev–Trinajstić information content (AvgIpc) is 2.40. The molecule has 0 saturated heterocycles. The van der Waals surface area contributed by atoms with Crippen LogP contribution in [-0.2, 0) is 6.42 Å². The number of hydrogen-bond donors (Lipinski definition) is 1. The smallest absolute Gasteiger partial charge is 0.122 e. The molecule has 0 radical (unpaired) electrons. The summed E-state index contributed by atoms with van der Waals surface area (Å²) in [6, 6.07) is 7.99. The van der Waals surface area contributed by atoms with Crippen molar-refractivity contribution >= 4 is 0 Å². The summed E-state index contributed by atoms with van der Waals surface area (Å²) in [5, 5.41) is 10.8. The SMILES string of the molecule is COc1ccccc1CC(C)(O)C1CCCCC1. The Labute approximate surface area is 110 Å². The highest BCUT2D eigenvalue weighted by Crippen LogP contribution is 2.36. The Morgan fingerprint density at radius 2 is 1.89 bits per heavy atom. The molecule has 1 aromatic rings. The summed E-state index contributed by atoms with van der Waals surface area (Å²) in [5.41, 5.74) is 0.491. The number of rotatable bonds is 4. The van der Waals surface area contributed by atoms with Crippen LogP contribution in [0.15, 0.2) is 24.3 Å². The molecule has 1 aliphatic rings. The highest BCUT2D eigenvalue weighted by molar-refractivity contribution is 5.34. The van der Waals surface area contributed by atoms with Crippen LogP contribution in [0.2, 0.25) is 0 Å². The number of para-hydroxylation sites is 1. The normalized spacial score (nSPS) is 20.4. The Morgan fingerprint density at radius 3 is 2.56 bits per heavy atom. The van der Waals surface area contributed by atoms with E-state index in [0.717, 1.165) is 24.2 Å². The van der Waals surface area contributed by atoms with Crippen LogP contribution in [0.4, 0.5) is 0 Å². The van der Waals surface area contributed by atoms with E-state index in [1.165, 1.54) is 19.3 Å². The highest BCUT2D eigenvalue weighted by atomic mass is 16.5. The van der Waals surface area contributed by atoms with Crippen LogP contribution in [0.25, 0.3) is 0 Å². The molecule has 1 saturated carbocycles. The van der Waals surface area contributed by atoms with E-state index in [4.69, 9.17) is 4.74 Å². The van der Waals surface area contributed by atoms with E-state index < -0.39 is 5.60 Å². The minimum atomic E-state index is -0.616. The lowest BCUT2D eigenvalue weighted by atomic mass is 9.75. The molecule has 2 rings (SSSR count). The maximum Gasteiger partial charge on any atom is 0.122 e. The molecule has 18 heavy (non-hydrogen) atoms. The van der Waals surface area contributed by atoms with Crippen molar-refractivity contribution in [3.63, 3.8) is 0 Å². The third kappa shape index (κ3) is 3.05. The second kappa shape index (κ2) is 5.75. The van der Waals surface area contributed by atoms with E-state index in [1.807, 2.05) is 25.1 Å². The molecule has 0 bridgehead atoms. The van der Waals surface area contributed by atoms with Crippen molar-refractivity contribution in [2.24, 2.45) is 5.92 Å². The summed E-state index contributed by atoms with van der Waals surface area (Å²) in [4.78, 5) is 0. The van der Waals surface area contributed by atoms with Crippen LogP contribution in [0.5, 0.6) is 5.75 Å². The zero-order chi connectivity index (χ0) is 13.0. The van der Waals surface area contributed by atoms with Gasteiger partial charge in [0.25, 0.3) is 0 Å². The van der Waals surface area contributed by atoms with Crippen LogP contribution in [0.3, 0.4) is 0 Å². The summed E-state index contributed by atoms with van der Waals surface area (Å²) in [6.45, 7) is 1.98. The monoisotopic (exact) mass is 248 g/mol. The number of hydrogen-bond acceptors (Lipinski definition) is 2. The quantitative estimate of drug-likeness (QED) is 0.882. The van der Waals surface area contributed by atoms with Gasteiger partial charge in [-0.3, -0.25) is 0 Å². The third-order valence-corrected chi connectivity index (χ3v) is 4.23. The van der Waals surface area contributed by atoms with Gasteiger partial charge in [-0.05, 0) is 37.3 Å². The lowest BCUT2D eigenvalue weighted by Gasteiger charge is -2.36. The fourth-order valence-corrected chi connectivity index (χ4v) is 3.10. The molecule has 1 aliphatic carbocycles. The molecule has 0 aromatic heterocycles. The molecule has 1 unspecified atom stereocenters. The summed E-state index contributed by atoms with van der Waals surface area (Å²) in [6.07, 6.45) is 6.83. The van der Waals surface area contributed by atoms with Gasteiger partial charge in [0.05, 0.1) is 12.7 Å². The lowest BCUT2D eigenvalue weighted by molar-refractivity contribution is -0.0163. The zero-order valence-electron chi connectivity index (χ0n) is 11.5. The first-order valence-corrected chi connectivity index (χ1v) is 6.98. The van der Waals surface area contributed by atoms with Crippen LogP contribution < -0.4 is 4.74 Å². The lowest BCUT2D eigenvalue weighted by Crippen LogP contribution is -2.38. The second-order valence-corrected chi connectivity index (χ2v) is 5.68. The van der Waals surface area contributed by atoms with Crippen molar-refractivity contribution in [2.45, 2.75) is 51.0 Å². The van der Waals surface area contributed by atoms with Gasteiger partial charge in [-0.25, -0.2) is 0 Å². The summed E-state index contributed by atoms with van der Waals surface area (Å²) < 4.78 is 5.37. The topological polar surface area (TPSA) is 29.5 Å². The molecule has 1 N–H and O–H groups in total. The largest absolute Gasteiger partial charge is 0.496 e. The van der Waals surface area contributed by atoms with E-state index in [-0.39, 0.29) is 0 Å². The fourth-order valence-electron chi connectivity index (χ4n) is 3.10. The first-order valence-electron chi connectivity index (χ1n) is 6.98. The Hall–Kier alpha value is -1.02. The zero-order valence-corrected chi connectivity index (χ0v) is 11.5.